The first-order valence-corrected chi connectivity index (χ1v) is 8.16. The average Bonchev–Trinajstić information content (AvgIpc) is 2.96. The number of hydrogen-bond acceptors (Lipinski definition) is 2. The van der Waals surface area contributed by atoms with E-state index in [1.54, 1.807) is 0 Å². The first kappa shape index (κ1) is 18.0. The zero-order chi connectivity index (χ0) is 18.7. The van der Waals surface area contributed by atoms with Gasteiger partial charge in [0.1, 0.15) is 6.04 Å². The maximum Gasteiger partial charge on any atom is 0.416 e. The number of rotatable bonds is 4. The molecule has 1 unspecified atom stereocenters. The van der Waals surface area contributed by atoms with E-state index in [0.29, 0.717) is 13.0 Å². The summed E-state index contributed by atoms with van der Waals surface area (Å²) in [6.07, 6.45) is -3.76. The maximum absolute atomic E-state index is 12.6. The van der Waals surface area contributed by atoms with Crippen LogP contribution in [-0.4, -0.2) is 22.8 Å². The molecule has 1 atom stereocenters. The molecule has 2 aromatic rings. The van der Waals surface area contributed by atoms with E-state index < -0.39 is 23.7 Å². The van der Waals surface area contributed by atoms with Crippen LogP contribution in [-0.2, 0) is 22.3 Å². The van der Waals surface area contributed by atoms with Crippen molar-refractivity contribution in [2.45, 2.75) is 31.6 Å². The van der Waals surface area contributed by atoms with Crippen molar-refractivity contribution in [2.75, 3.05) is 5.32 Å². The van der Waals surface area contributed by atoms with Crippen molar-refractivity contribution in [3.05, 3.63) is 65.7 Å². The third-order valence-corrected chi connectivity index (χ3v) is 4.31. The highest BCUT2D eigenvalue weighted by Gasteiger charge is 2.36. The van der Waals surface area contributed by atoms with Crippen LogP contribution in [0.5, 0.6) is 0 Å². The summed E-state index contributed by atoms with van der Waals surface area (Å²) in [7, 11) is 0. The van der Waals surface area contributed by atoms with Crippen LogP contribution in [0.1, 0.15) is 24.0 Å². The van der Waals surface area contributed by atoms with Gasteiger partial charge >= 0.3 is 6.18 Å². The molecule has 0 saturated carbocycles. The lowest BCUT2D eigenvalue weighted by atomic mass is 10.1. The van der Waals surface area contributed by atoms with E-state index in [0.717, 1.165) is 17.7 Å². The van der Waals surface area contributed by atoms with Gasteiger partial charge in [0.05, 0.1) is 5.56 Å². The smallest absolute Gasteiger partial charge is 0.326 e. The number of nitrogens with zero attached hydrogens (tertiary/aromatic N) is 1. The lowest BCUT2D eigenvalue weighted by Crippen LogP contribution is -2.41. The van der Waals surface area contributed by atoms with Crippen LogP contribution >= 0.6 is 0 Å². The molecule has 0 bridgehead atoms. The Morgan fingerprint density at radius 3 is 2.35 bits per heavy atom. The zero-order valence-electron chi connectivity index (χ0n) is 13.8. The van der Waals surface area contributed by atoms with Crippen LogP contribution < -0.4 is 5.32 Å². The Balaban J connectivity index is 1.69. The quantitative estimate of drug-likeness (QED) is 0.899. The summed E-state index contributed by atoms with van der Waals surface area (Å²) in [6.45, 7) is 0.324. The summed E-state index contributed by atoms with van der Waals surface area (Å²) in [5.74, 6) is -0.507. The molecule has 4 nitrogen and oxygen atoms in total. The summed E-state index contributed by atoms with van der Waals surface area (Å²) < 4.78 is 37.8. The van der Waals surface area contributed by atoms with E-state index in [-0.39, 0.29) is 18.0 Å². The summed E-state index contributed by atoms with van der Waals surface area (Å²) in [5.41, 5.74) is 0.398. The number of amides is 2. The number of halogens is 3. The molecule has 2 amide bonds. The van der Waals surface area contributed by atoms with Crippen molar-refractivity contribution >= 4 is 17.5 Å². The van der Waals surface area contributed by atoms with Gasteiger partial charge in [0, 0.05) is 18.7 Å². The van der Waals surface area contributed by atoms with Crippen LogP contribution in [0.15, 0.2) is 54.6 Å². The molecule has 26 heavy (non-hydrogen) atoms. The van der Waals surface area contributed by atoms with E-state index in [4.69, 9.17) is 0 Å². The van der Waals surface area contributed by atoms with Crippen LogP contribution in [0.2, 0.25) is 0 Å². The molecule has 1 fully saturated rings. The number of benzene rings is 2. The van der Waals surface area contributed by atoms with Gasteiger partial charge in [-0.3, -0.25) is 9.59 Å². The lowest BCUT2D eigenvalue weighted by Gasteiger charge is -2.24. The molecule has 2 aromatic carbocycles. The number of anilines is 1. The van der Waals surface area contributed by atoms with Crippen LogP contribution in [0.25, 0.3) is 0 Å². The molecular weight excluding hydrogens is 345 g/mol. The average molecular weight is 362 g/mol. The number of carbonyl (C=O) groups excluding carboxylic acids is 2. The monoisotopic (exact) mass is 362 g/mol. The molecule has 0 radical (unpaired) electrons. The van der Waals surface area contributed by atoms with Crippen LogP contribution in [0.3, 0.4) is 0 Å². The van der Waals surface area contributed by atoms with Gasteiger partial charge in [0.25, 0.3) is 0 Å². The van der Waals surface area contributed by atoms with Crippen molar-refractivity contribution in [1.82, 2.24) is 4.90 Å². The first-order valence-electron chi connectivity index (χ1n) is 8.16. The standard InChI is InChI=1S/C19H17F3N2O2/c20-19(21,22)14-6-8-15(9-7-14)23-18(26)16-10-11-17(25)24(16)12-13-4-2-1-3-5-13/h1-9,16H,10-12H2,(H,23,26). The van der Waals surface area contributed by atoms with E-state index >= 15 is 0 Å². The Bertz CT molecular complexity index is 789. The highest BCUT2D eigenvalue weighted by atomic mass is 19.4. The summed E-state index contributed by atoms with van der Waals surface area (Å²) in [5, 5.41) is 2.60. The molecule has 3 rings (SSSR count). The normalized spacial score (nSPS) is 17.4. The van der Waals surface area contributed by atoms with Gasteiger partial charge in [-0.05, 0) is 36.2 Å². The predicted molar refractivity (Wildman–Crippen MR) is 90.1 cm³/mol. The fraction of sp³-hybridized carbons (Fsp3) is 0.263. The molecule has 0 aromatic heterocycles. The van der Waals surface area contributed by atoms with E-state index in [1.165, 1.54) is 17.0 Å². The Labute approximate surface area is 148 Å². The topological polar surface area (TPSA) is 49.4 Å². The van der Waals surface area contributed by atoms with Crippen molar-refractivity contribution in [2.24, 2.45) is 0 Å². The van der Waals surface area contributed by atoms with Crippen molar-refractivity contribution in [1.29, 1.82) is 0 Å². The second-order valence-corrected chi connectivity index (χ2v) is 6.13. The molecule has 1 aliphatic rings. The molecule has 1 N–H and O–H groups in total. The lowest BCUT2D eigenvalue weighted by molar-refractivity contribution is -0.137. The molecule has 1 saturated heterocycles. The SMILES string of the molecule is O=C(Nc1ccc(C(F)(F)F)cc1)C1CCC(=O)N1Cc1ccccc1. The van der Waals surface area contributed by atoms with E-state index in [2.05, 4.69) is 5.32 Å². The highest BCUT2D eigenvalue weighted by molar-refractivity contribution is 5.99. The van der Waals surface area contributed by atoms with Crippen LogP contribution in [0.4, 0.5) is 18.9 Å². The van der Waals surface area contributed by atoms with Crippen molar-refractivity contribution < 1.29 is 22.8 Å². The first-order chi connectivity index (χ1) is 12.3. The largest absolute Gasteiger partial charge is 0.416 e. The van der Waals surface area contributed by atoms with Gasteiger partial charge in [-0.1, -0.05) is 30.3 Å². The Kier molecular flexibility index (Phi) is 4.97. The highest BCUT2D eigenvalue weighted by Crippen LogP contribution is 2.30. The molecule has 1 aliphatic heterocycles. The molecule has 1 heterocycles. The number of likely N-dealkylation sites (tertiary alicyclic amines) is 1. The Morgan fingerprint density at radius 2 is 1.73 bits per heavy atom. The van der Waals surface area contributed by atoms with Gasteiger partial charge < -0.3 is 10.2 Å². The Hall–Kier alpha value is -2.83. The minimum Gasteiger partial charge on any atom is -0.326 e. The minimum absolute atomic E-state index is 0.110. The van der Waals surface area contributed by atoms with Crippen molar-refractivity contribution in [3.8, 4) is 0 Å². The number of nitrogens with one attached hydrogen (secondary N) is 1. The summed E-state index contributed by atoms with van der Waals surface area (Å²) in [6, 6.07) is 12.9. The number of alkyl halides is 3. The molecular formula is C19H17F3N2O2. The third kappa shape index (κ3) is 4.04. The number of hydrogen-bond donors (Lipinski definition) is 1. The van der Waals surface area contributed by atoms with Gasteiger partial charge in [-0.2, -0.15) is 13.2 Å². The van der Waals surface area contributed by atoms with E-state index in [1.807, 2.05) is 30.3 Å². The third-order valence-electron chi connectivity index (χ3n) is 4.31. The van der Waals surface area contributed by atoms with Gasteiger partial charge in [0.15, 0.2) is 0 Å². The second kappa shape index (κ2) is 7.19. The molecule has 7 heteroatoms. The van der Waals surface area contributed by atoms with Crippen molar-refractivity contribution in [3.63, 3.8) is 0 Å². The fourth-order valence-corrected chi connectivity index (χ4v) is 2.95. The van der Waals surface area contributed by atoms with Gasteiger partial charge in [-0.15, -0.1) is 0 Å². The Morgan fingerprint density at radius 1 is 1.08 bits per heavy atom. The zero-order valence-corrected chi connectivity index (χ0v) is 13.8. The fourth-order valence-electron chi connectivity index (χ4n) is 2.95. The minimum atomic E-state index is -4.42. The number of carbonyl (C=O) groups is 2. The van der Waals surface area contributed by atoms with Gasteiger partial charge in [-0.25, -0.2) is 0 Å². The van der Waals surface area contributed by atoms with E-state index in [9.17, 15) is 22.8 Å². The second-order valence-electron chi connectivity index (χ2n) is 6.13. The van der Waals surface area contributed by atoms with Crippen LogP contribution in [0, 0.1) is 0 Å². The predicted octanol–water partition coefficient (Wildman–Crippen LogP) is 3.84. The molecule has 0 spiro atoms. The summed E-state index contributed by atoms with van der Waals surface area (Å²) in [4.78, 5) is 26.1. The van der Waals surface area contributed by atoms with Gasteiger partial charge in [0.2, 0.25) is 11.8 Å². The maximum atomic E-state index is 12.6. The molecule has 136 valence electrons. The summed E-state index contributed by atoms with van der Waals surface area (Å²) >= 11 is 0. The molecule has 0 aliphatic carbocycles.